The van der Waals surface area contributed by atoms with E-state index in [1.807, 2.05) is 0 Å². The Balaban J connectivity index is 1.47. The second kappa shape index (κ2) is 9.15. The molecule has 1 aliphatic rings. The van der Waals surface area contributed by atoms with Crippen LogP contribution < -0.4 is 10.1 Å². The van der Waals surface area contributed by atoms with Crippen LogP contribution in [0.3, 0.4) is 0 Å². The number of nitrogens with one attached hydrogen (secondary N) is 1. The summed E-state index contributed by atoms with van der Waals surface area (Å²) in [5.74, 6) is -0.552. The summed E-state index contributed by atoms with van der Waals surface area (Å²) in [4.78, 5) is 27.6. The van der Waals surface area contributed by atoms with Crippen molar-refractivity contribution in [2.24, 2.45) is 0 Å². The summed E-state index contributed by atoms with van der Waals surface area (Å²) >= 11 is 0. The molecule has 1 aromatic heterocycles. The third kappa shape index (κ3) is 5.49. The smallest absolute Gasteiger partial charge is 0.417 e. The lowest BCUT2D eigenvalue weighted by molar-refractivity contribution is -0.137. The van der Waals surface area contributed by atoms with Gasteiger partial charge in [-0.3, -0.25) is 4.79 Å². The van der Waals surface area contributed by atoms with E-state index in [0.29, 0.717) is 36.8 Å². The normalized spacial score (nSPS) is 19.1. The maximum atomic E-state index is 12.6. The van der Waals surface area contributed by atoms with E-state index in [2.05, 4.69) is 15.0 Å². The third-order valence-electron chi connectivity index (χ3n) is 4.93. The van der Waals surface area contributed by atoms with Gasteiger partial charge in [-0.15, -0.1) is 0 Å². The molecule has 0 atom stereocenters. The fourth-order valence-corrected chi connectivity index (χ4v) is 3.26. The van der Waals surface area contributed by atoms with Crippen LogP contribution >= 0.6 is 0 Å². The minimum Gasteiger partial charge on any atom is -0.474 e. The molecule has 1 amide bonds. The van der Waals surface area contributed by atoms with E-state index in [1.165, 1.54) is 25.3 Å². The summed E-state index contributed by atoms with van der Waals surface area (Å²) in [7, 11) is 1.29. The van der Waals surface area contributed by atoms with Gasteiger partial charge in [-0.25, -0.2) is 9.78 Å². The van der Waals surface area contributed by atoms with Crippen LogP contribution in [-0.2, 0) is 10.9 Å². The number of methoxy groups -OCH3 is 1. The first-order valence-electron chi connectivity index (χ1n) is 9.45. The lowest BCUT2D eigenvalue weighted by Crippen LogP contribution is -2.39. The molecule has 2 aromatic rings. The Morgan fingerprint density at radius 2 is 1.63 bits per heavy atom. The molecule has 0 spiro atoms. The van der Waals surface area contributed by atoms with Gasteiger partial charge >= 0.3 is 12.1 Å². The van der Waals surface area contributed by atoms with Crippen LogP contribution in [0.4, 0.5) is 13.2 Å². The van der Waals surface area contributed by atoms with E-state index >= 15 is 0 Å². The zero-order valence-corrected chi connectivity index (χ0v) is 16.2. The number of carbonyl (C=O) groups is 2. The maximum absolute atomic E-state index is 12.6. The predicted octanol–water partition coefficient (Wildman–Crippen LogP) is 4.01. The molecule has 1 N–H and O–H groups in total. The van der Waals surface area contributed by atoms with Crippen molar-refractivity contribution in [3.05, 3.63) is 59.3 Å². The molecule has 9 heteroatoms. The average molecular weight is 422 g/mol. The highest BCUT2D eigenvalue weighted by molar-refractivity contribution is 5.96. The number of halogens is 3. The number of amides is 1. The van der Waals surface area contributed by atoms with Crippen molar-refractivity contribution in [2.45, 2.75) is 44.0 Å². The van der Waals surface area contributed by atoms with E-state index in [0.717, 1.165) is 12.3 Å². The number of nitrogens with zero attached hydrogens (tertiary/aromatic N) is 1. The van der Waals surface area contributed by atoms with Crippen molar-refractivity contribution in [3.63, 3.8) is 0 Å². The third-order valence-corrected chi connectivity index (χ3v) is 4.93. The summed E-state index contributed by atoms with van der Waals surface area (Å²) < 4.78 is 48.0. The number of aromatic nitrogens is 1. The molecule has 1 aliphatic carbocycles. The number of alkyl halides is 3. The number of carbonyl (C=O) groups excluding carboxylic acids is 2. The van der Waals surface area contributed by atoms with Crippen LogP contribution in [-0.4, -0.2) is 36.1 Å². The van der Waals surface area contributed by atoms with Crippen molar-refractivity contribution < 1.29 is 32.2 Å². The highest BCUT2D eigenvalue weighted by Gasteiger charge is 2.31. The molecule has 1 fully saturated rings. The Bertz CT molecular complexity index is 875. The van der Waals surface area contributed by atoms with Gasteiger partial charge in [-0.2, -0.15) is 13.2 Å². The van der Waals surface area contributed by atoms with Gasteiger partial charge in [0.2, 0.25) is 5.88 Å². The average Bonchev–Trinajstić information content (AvgIpc) is 2.74. The van der Waals surface area contributed by atoms with Gasteiger partial charge in [0.25, 0.3) is 5.91 Å². The minimum atomic E-state index is -4.43. The van der Waals surface area contributed by atoms with Crippen LogP contribution in [0, 0.1) is 0 Å². The molecule has 0 saturated heterocycles. The molecule has 0 bridgehead atoms. The first-order valence-corrected chi connectivity index (χ1v) is 9.45. The van der Waals surface area contributed by atoms with Gasteiger partial charge in [0, 0.05) is 23.9 Å². The summed E-state index contributed by atoms with van der Waals surface area (Å²) in [6.07, 6.45) is -1.19. The van der Waals surface area contributed by atoms with Crippen LogP contribution in [0.2, 0.25) is 0 Å². The molecular formula is C21H21F3N2O4. The predicted molar refractivity (Wildman–Crippen MR) is 101 cm³/mol. The fraction of sp³-hybridized carbons (Fsp3) is 0.381. The Kier molecular flexibility index (Phi) is 6.59. The second-order valence-corrected chi connectivity index (χ2v) is 7.02. The van der Waals surface area contributed by atoms with Gasteiger partial charge in [0.05, 0.1) is 18.2 Å². The topological polar surface area (TPSA) is 77.5 Å². The highest BCUT2D eigenvalue weighted by Crippen LogP contribution is 2.30. The van der Waals surface area contributed by atoms with Crippen LogP contribution in [0.1, 0.15) is 52.0 Å². The lowest BCUT2D eigenvalue weighted by atomic mass is 9.92. The molecule has 160 valence electrons. The van der Waals surface area contributed by atoms with Crippen molar-refractivity contribution in [1.82, 2.24) is 10.3 Å². The SMILES string of the molecule is COC(=O)c1ccc(C(=O)NC2CCC(Oc3ccc(C(F)(F)F)cn3)CC2)cc1. The van der Waals surface area contributed by atoms with Crippen molar-refractivity contribution in [1.29, 1.82) is 0 Å². The maximum Gasteiger partial charge on any atom is 0.417 e. The number of esters is 1. The number of pyridine rings is 1. The molecule has 30 heavy (non-hydrogen) atoms. The summed E-state index contributed by atoms with van der Waals surface area (Å²) in [6.45, 7) is 0. The number of hydrogen-bond donors (Lipinski definition) is 1. The van der Waals surface area contributed by atoms with E-state index in [9.17, 15) is 22.8 Å². The summed E-state index contributed by atoms with van der Waals surface area (Å²) in [5.41, 5.74) is -0.0144. The zero-order valence-electron chi connectivity index (χ0n) is 16.2. The van der Waals surface area contributed by atoms with Crippen LogP contribution in [0.25, 0.3) is 0 Å². The van der Waals surface area contributed by atoms with Crippen LogP contribution in [0.15, 0.2) is 42.6 Å². The quantitative estimate of drug-likeness (QED) is 0.737. The van der Waals surface area contributed by atoms with E-state index in [1.54, 1.807) is 12.1 Å². The summed E-state index contributed by atoms with van der Waals surface area (Å²) in [6, 6.07) is 8.32. The van der Waals surface area contributed by atoms with Gasteiger partial charge in [-0.05, 0) is 56.0 Å². The van der Waals surface area contributed by atoms with Gasteiger partial charge < -0.3 is 14.8 Å². The molecule has 0 radical (unpaired) electrons. The Morgan fingerprint density at radius 3 is 2.17 bits per heavy atom. The van der Waals surface area contributed by atoms with Crippen LogP contribution in [0.5, 0.6) is 5.88 Å². The molecule has 0 aliphatic heterocycles. The molecule has 3 rings (SSSR count). The molecule has 0 unspecified atom stereocenters. The number of ether oxygens (including phenoxy) is 2. The molecule has 1 saturated carbocycles. The highest BCUT2D eigenvalue weighted by atomic mass is 19.4. The van der Waals surface area contributed by atoms with E-state index in [4.69, 9.17) is 4.74 Å². The number of benzene rings is 1. The van der Waals surface area contributed by atoms with Gasteiger partial charge in [0.15, 0.2) is 0 Å². The number of hydrogen-bond acceptors (Lipinski definition) is 5. The zero-order chi connectivity index (χ0) is 21.7. The Hall–Kier alpha value is -3.10. The Labute approximate surface area is 171 Å². The summed E-state index contributed by atoms with van der Waals surface area (Å²) in [5, 5.41) is 2.96. The minimum absolute atomic E-state index is 0.0294. The van der Waals surface area contributed by atoms with Gasteiger partial charge in [-0.1, -0.05) is 0 Å². The van der Waals surface area contributed by atoms with Crippen molar-refractivity contribution in [3.8, 4) is 5.88 Å². The second-order valence-electron chi connectivity index (χ2n) is 7.02. The Morgan fingerprint density at radius 1 is 1.00 bits per heavy atom. The lowest BCUT2D eigenvalue weighted by Gasteiger charge is -2.29. The van der Waals surface area contributed by atoms with Gasteiger partial charge in [0.1, 0.15) is 6.10 Å². The molecule has 1 heterocycles. The fourth-order valence-electron chi connectivity index (χ4n) is 3.26. The molecular weight excluding hydrogens is 401 g/mol. The first kappa shape index (κ1) is 21.6. The van der Waals surface area contributed by atoms with Crippen molar-refractivity contribution >= 4 is 11.9 Å². The molecule has 1 aromatic carbocycles. The van der Waals surface area contributed by atoms with E-state index in [-0.39, 0.29) is 23.9 Å². The standard InChI is InChI=1S/C21H21F3N2O4/c1-29-20(28)14-4-2-13(3-5-14)19(27)26-16-7-9-17(10-8-16)30-18-11-6-15(12-25-18)21(22,23)24/h2-6,11-12,16-17H,7-10H2,1H3,(H,26,27). The molecule has 6 nitrogen and oxygen atoms in total. The monoisotopic (exact) mass is 422 g/mol. The largest absolute Gasteiger partial charge is 0.474 e. The number of rotatable bonds is 5. The first-order chi connectivity index (χ1) is 14.3. The van der Waals surface area contributed by atoms with E-state index < -0.39 is 17.7 Å². The van der Waals surface area contributed by atoms with Crippen molar-refractivity contribution in [2.75, 3.05) is 7.11 Å².